The smallest absolute Gasteiger partial charge is 0.243 e. The van der Waals surface area contributed by atoms with E-state index in [4.69, 9.17) is 17.3 Å². The third kappa shape index (κ3) is 2.95. The molecule has 0 spiro atoms. The van der Waals surface area contributed by atoms with Crippen LogP contribution in [0.4, 0.5) is 5.69 Å². The van der Waals surface area contributed by atoms with Gasteiger partial charge in [0.05, 0.1) is 4.90 Å². The van der Waals surface area contributed by atoms with Gasteiger partial charge in [-0.2, -0.15) is 4.31 Å². The monoisotopic (exact) mass is 316 g/mol. The van der Waals surface area contributed by atoms with Gasteiger partial charge in [0, 0.05) is 23.3 Å². The molecule has 1 aromatic carbocycles. The van der Waals surface area contributed by atoms with E-state index >= 15 is 0 Å². The van der Waals surface area contributed by atoms with Gasteiger partial charge in [-0.3, -0.25) is 0 Å². The summed E-state index contributed by atoms with van der Waals surface area (Å²) in [5, 5.41) is 0.394. The Morgan fingerprint density at radius 2 is 2.00 bits per heavy atom. The lowest BCUT2D eigenvalue weighted by molar-refractivity contribution is 0.342. The normalized spacial score (nSPS) is 21.6. The molecule has 0 aromatic heterocycles. The Morgan fingerprint density at radius 1 is 1.30 bits per heavy atom. The minimum atomic E-state index is -3.53. The van der Waals surface area contributed by atoms with E-state index in [0.717, 1.165) is 31.2 Å². The van der Waals surface area contributed by atoms with Gasteiger partial charge in [-0.1, -0.05) is 24.4 Å². The number of nitrogen functional groups attached to an aromatic ring is 1. The van der Waals surface area contributed by atoms with Gasteiger partial charge < -0.3 is 5.73 Å². The average Bonchev–Trinajstić information content (AvgIpc) is 2.60. The number of nitrogens with two attached hydrogens (primary N) is 1. The molecule has 4 nitrogen and oxygen atoms in total. The summed E-state index contributed by atoms with van der Waals surface area (Å²) in [4.78, 5) is 0.194. The Hall–Kier alpha value is -0.780. The van der Waals surface area contributed by atoms with Crippen LogP contribution in [0.2, 0.25) is 5.02 Å². The van der Waals surface area contributed by atoms with Crippen LogP contribution in [-0.4, -0.2) is 25.3 Å². The maximum atomic E-state index is 12.8. The molecule has 2 N–H and O–H groups in total. The lowest BCUT2D eigenvalue weighted by Crippen LogP contribution is -2.38. The number of sulfonamides is 1. The lowest BCUT2D eigenvalue weighted by atomic mass is 10.1. The second-order valence-electron chi connectivity index (χ2n) is 5.43. The van der Waals surface area contributed by atoms with Crippen molar-refractivity contribution >= 4 is 27.3 Å². The molecule has 0 saturated carbocycles. The highest BCUT2D eigenvalue weighted by Gasteiger charge is 2.30. The third-order valence-corrected chi connectivity index (χ3v) is 6.34. The molecule has 0 bridgehead atoms. The van der Waals surface area contributed by atoms with E-state index < -0.39 is 10.0 Å². The first-order chi connectivity index (χ1) is 9.34. The number of anilines is 1. The zero-order valence-electron chi connectivity index (χ0n) is 11.9. The van der Waals surface area contributed by atoms with Crippen LogP contribution in [0.1, 0.15) is 38.2 Å². The summed E-state index contributed by atoms with van der Waals surface area (Å²) in [6, 6.07) is 3.03. The first kappa shape index (κ1) is 15.6. The minimum Gasteiger partial charge on any atom is -0.398 e. The molecular weight excluding hydrogens is 296 g/mol. The summed E-state index contributed by atoms with van der Waals surface area (Å²) in [5.41, 5.74) is 6.98. The maximum Gasteiger partial charge on any atom is 0.243 e. The van der Waals surface area contributed by atoms with Crippen LogP contribution in [-0.2, 0) is 10.0 Å². The van der Waals surface area contributed by atoms with Crippen molar-refractivity contribution in [3.05, 3.63) is 22.7 Å². The number of benzene rings is 1. The summed E-state index contributed by atoms with van der Waals surface area (Å²) < 4.78 is 27.1. The topological polar surface area (TPSA) is 63.4 Å². The summed E-state index contributed by atoms with van der Waals surface area (Å²) in [6.45, 7) is 4.31. The van der Waals surface area contributed by atoms with Gasteiger partial charge in [0.25, 0.3) is 0 Å². The van der Waals surface area contributed by atoms with Crippen molar-refractivity contribution in [2.75, 3.05) is 12.3 Å². The fourth-order valence-corrected chi connectivity index (χ4v) is 4.62. The third-order valence-electron chi connectivity index (χ3n) is 3.96. The molecule has 0 aliphatic carbocycles. The van der Waals surface area contributed by atoms with Crippen LogP contribution in [0, 0.1) is 6.92 Å². The van der Waals surface area contributed by atoms with Crippen molar-refractivity contribution < 1.29 is 8.42 Å². The summed E-state index contributed by atoms with van der Waals surface area (Å²) in [5.74, 6) is 0. The van der Waals surface area contributed by atoms with Crippen LogP contribution in [0.3, 0.4) is 0 Å². The Kier molecular flexibility index (Phi) is 4.62. The quantitative estimate of drug-likeness (QED) is 0.852. The Balaban J connectivity index is 2.43. The van der Waals surface area contributed by atoms with Gasteiger partial charge in [0.2, 0.25) is 10.0 Å². The molecule has 1 atom stereocenters. The van der Waals surface area contributed by atoms with Gasteiger partial charge in [-0.05, 0) is 44.4 Å². The molecule has 2 rings (SSSR count). The van der Waals surface area contributed by atoms with Crippen molar-refractivity contribution in [3.63, 3.8) is 0 Å². The largest absolute Gasteiger partial charge is 0.398 e. The molecule has 1 aliphatic heterocycles. The molecule has 1 fully saturated rings. The number of halogens is 1. The van der Waals surface area contributed by atoms with Crippen LogP contribution in [0.5, 0.6) is 0 Å². The van der Waals surface area contributed by atoms with Crippen molar-refractivity contribution in [3.8, 4) is 0 Å². The highest BCUT2D eigenvalue weighted by Crippen LogP contribution is 2.30. The predicted molar refractivity (Wildman–Crippen MR) is 82.4 cm³/mol. The van der Waals surface area contributed by atoms with Gasteiger partial charge in [0.1, 0.15) is 0 Å². The molecular formula is C14H21ClN2O2S. The molecule has 1 unspecified atom stereocenters. The van der Waals surface area contributed by atoms with Crippen molar-refractivity contribution in [2.24, 2.45) is 0 Å². The van der Waals surface area contributed by atoms with E-state index in [1.807, 2.05) is 6.92 Å². The van der Waals surface area contributed by atoms with Crippen molar-refractivity contribution in [2.45, 2.75) is 50.5 Å². The molecule has 0 radical (unpaired) electrons. The van der Waals surface area contributed by atoms with Crippen LogP contribution in [0.25, 0.3) is 0 Å². The number of hydrogen-bond donors (Lipinski definition) is 1. The van der Waals surface area contributed by atoms with E-state index in [9.17, 15) is 8.42 Å². The maximum absolute atomic E-state index is 12.8. The number of hydrogen-bond acceptors (Lipinski definition) is 3. The van der Waals surface area contributed by atoms with Gasteiger partial charge >= 0.3 is 0 Å². The molecule has 1 aromatic rings. The van der Waals surface area contributed by atoms with E-state index in [-0.39, 0.29) is 10.9 Å². The second-order valence-corrected chi connectivity index (χ2v) is 7.73. The highest BCUT2D eigenvalue weighted by atomic mass is 35.5. The van der Waals surface area contributed by atoms with Gasteiger partial charge in [-0.15, -0.1) is 0 Å². The van der Waals surface area contributed by atoms with E-state index in [0.29, 0.717) is 17.3 Å². The number of rotatable bonds is 2. The molecule has 1 saturated heterocycles. The van der Waals surface area contributed by atoms with E-state index in [2.05, 4.69) is 0 Å². The Bertz CT molecular complexity index is 578. The molecule has 6 heteroatoms. The zero-order chi connectivity index (χ0) is 14.9. The molecule has 0 amide bonds. The van der Waals surface area contributed by atoms with Gasteiger partial charge in [0.15, 0.2) is 0 Å². The standard InChI is InChI=1S/C14H21ClN2O2S/c1-10-6-4-3-5-7-17(10)20(18,19)12-8-13(15)11(2)14(16)9-12/h8-10H,3-7,16H2,1-2H3. The molecule has 1 heterocycles. The first-order valence-corrected chi connectivity index (χ1v) is 8.73. The SMILES string of the molecule is Cc1c(N)cc(S(=O)(=O)N2CCCCCC2C)cc1Cl. The second kappa shape index (κ2) is 5.92. The van der Waals surface area contributed by atoms with Crippen LogP contribution < -0.4 is 5.73 Å². The fraction of sp³-hybridized carbons (Fsp3) is 0.571. The molecule has 1 aliphatic rings. The average molecular weight is 317 g/mol. The minimum absolute atomic E-state index is 0.0174. The van der Waals surface area contributed by atoms with Crippen LogP contribution in [0.15, 0.2) is 17.0 Å². The van der Waals surface area contributed by atoms with Crippen LogP contribution >= 0.6 is 11.6 Å². The van der Waals surface area contributed by atoms with Gasteiger partial charge in [-0.25, -0.2) is 8.42 Å². The Morgan fingerprint density at radius 3 is 2.65 bits per heavy atom. The van der Waals surface area contributed by atoms with Crippen molar-refractivity contribution in [1.82, 2.24) is 4.31 Å². The summed E-state index contributed by atoms with van der Waals surface area (Å²) in [7, 11) is -3.53. The molecule has 112 valence electrons. The van der Waals surface area contributed by atoms with E-state index in [1.54, 1.807) is 11.2 Å². The summed E-state index contributed by atoms with van der Waals surface area (Å²) in [6.07, 6.45) is 3.95. The zero-order valence-corrected chi connectivity index (χ0v) is 13.5. The Labute approximate surface area is 126 Å². The van der Waals surface area contributed by atoms with Crippen molar-refractivity contribution in [1.29, 1.82) is 0 Å². The van der Waals surface area contributed by atoms with E-state index in [1.165, 1.54) is 12.1 Å². The lowest BCUT2D eigenvalue weighted by Gasteiger charge is -2.26. The summed E-state index contributed by atoms with van der Waals surface area (Å²) >= 11 is 6.07. The highest BCUT2D eigenvalue weighted by molar-refractivity contribution is 7.89. The fourth-order valence-electron chi connectivity index (χ4n) is 2.56. The predicted octanol–water partition coefficient (Wildman–Crippen LogP) is 3.18. The first-order valence-electron chi connectivity index (χ1n) is 6.91. The molecule has 20 heavy (non-hydrogen) atoms. The number of nitrogens with zero attached hydrogens (tertiary/aromatic N) is 1.